The molecule has 1 aliphatic heterocycles. The zero-order chi connectivity index (χ0) is 21.5. The quantitative estimate of drug-likeness (QED) is 0.632. The van der Waals surface area contributed by atoms with Crippen LogP contribution in [0.2, 0.25) is 0 Å². The van der Waals surface area contributed by atoms with Gasteiger partial charge in [0.25, 0.3) is 5.91 Å². The van der Waals surface area contributed by atoms with Gasteiger partial charge in [0, 0.05) is 57.4 Å². The summed E-state index contributed by atoms with van der Waals surface area (Å²) < 4.78 is 0. The molecule has 2 aromatic heterocycles. The summed E-state index contributed by atoms with van der Waals surface area (Å²) in [6.45, 7) is 6.31. The normalized spacial score (nSPS) is 14.1. The minimum absolute atomic E-state index is 0.235. The number of hydrogen-bond acceptors (Lipinski definition) is 8. The second-order valence-electron chi connectivity index (χ2n) is 6.63. The van der Waals surface area contributed by atoms with Crippen molar-refractivity contribution in [3.8, 4) is 6.07 Å². The molecule has 1 saturated heterocycles. The molecule has 0 saturated carbocycles. The van der Waals surface area contributed by atoms with Crippen molar-refractivity contribution in [2.75, 3.05) is 50.0 Å². The average Bonchev–Trinajstić information content (AvgIpc) is 3.20. The summed E-state index contributed by atoms with van der Waals surface area (Å²) in [5, 5.41) is 17.9. The number of piperazine rings is 1. The SMILES string of the molecule is CCNC(=O)Nc1ncc(CN2CCN(c3ccc(C(=O)NC)nc3C#N)CC2)s1. The molecule has 0 aromatic carbocycles. The maximum absolute atomic E-state index is 11.7. The summed E-state index contributed by atoms with van der Waals surface area (Å²) in [5.41, 5.74) is 1.24. The van der Waals surface area contributed by atoms with Crippen molar-refractivity contribution in [2.45, 2.75) is 13.5 Å². The summed E-state index contributed by atoms with van der Waals surface area (Å²) in [5.74, 6) is -0.312. The molecule has 3 heterocycles. The number of urea groups is 1. The Morgan fingerprint density at radius 2 is 2.03 bits per heavy atom. The van der Waals surface area contributed by atoms with Gasteiger partial charge in [-0.25, -0.2) is 14.8 Å². The van der Waals surface area contributed by atoms with Crippen LogP contribution in [0.1, 0.15) is 28.0 Å². The smallest absolute Gasteiger partial charge is 0.321 e. The van der Waals surface area contributed by atoms with Crippen molar-refractivity contribution >= 4 is 34.1 Å². The first-order valence-electron chi connectivity index (χ1n) is 9.64. The average molecular weight is 429 g/mol. The number of nitriles is 1. The number of aromatic nitrogens is 2. The van der Waals surface area contributed by atoms with Crippen LogP contribution < -0.4 is 20.9 Å². The number of carbonyl (C=O) groups excluding carboxylic acids is 2. The fraction of sp³-hybridized carbons (Fsp3) is 0.421. The minimum atomic E-state index is -0.312. The number of carbonyl (C=O) groups is 2. The minimum Gasteiger partial charge on any atom is -0.367 e. The van der Waals surface area contributed by atoms with Crippen LogP contribution in [0, 0.1) is 11.3 Å². The molecule has 0 aliphatic carbocycles. The van der Waals surface area contributed by atoms with Crippen LogP contribution in [0.5, 0.6) is 0 Å². The van der Waals surface area contributed by atoms with Gasteiger partial charge >= 0.3 is 6.03 Å². The van der Waals surface area contributed by atoms with Crippen molar-refractivity contribution in [3.63, 3.8) is 0 Å². The van der Waals surface area contributed by atoms with Crippen molar-refractivity contribution in [1.82, 2.24) is 25.5 Å². The molecular weight excluding hydrogens is 404 g/mol. The van der Waals surface area contributed by atoms with E-state index in [9.17, 15) is 14.9 Å². The van der Waals surface area contributed by atoms with Crippen LogP contribution >= 0.6 is 11.3 Å². The molecule has 1 aliphatic rings. The van der Waals surface area contributed by atoms with E-state index in [1.807, 2.05) is 6.92 Å². The molecule has 3 amide bonds. The van der Waals surface area contributed by atoms with Crippen LogP contribution in [-0.2, 0) is 6.54 Å². The van der Waals surface area contributed by atoms with Gasteiger partial charge in [0.15, 0.2) is 10.8 Å². The Balaban J connectivity index is 1.57. The molecule has 1 fully saturated rings. The Labute approximate surface area is 178 Å². The van der Waals surface area contributed by atoms with Crippen LogP contribution in [0.4, 0.5) is 15.6 Å². The van der Waals surface area contributed by atoms with Crippen LogP contribution in [0.3, 0.4) is 0 Å². The second-order valence-corrected chi connectivity index (χ2v) is 7.75. The fourth-order valence-electron chi connectivity index (χ4n) is 3.15. The highest BCUT2D eigenvalue weighted by atomic mass is 32.1. The standard InChI is InChI=1S/C19H24N8O2S/c1-3-22-18(29)25-19-23-11-13(30-19)12-26-6-8-27(9-7-26)16-5-4-14(17(28)21-2)24-15(16)10-20/h4-5,11H,3,6-9,12H2,1-2H3,(H,21,28)(H2,22,23,25,29). The van der Waals surface area contributed by atoms with Crippen molar-refractivity contribution in [3.05, 3.63) is 34.6 Å². The molecule has 10 nitrogen and oxygen atoms in total. The lowest BCUT2D eigenvalue weighted by atomic mass is 10.2. The Morgan fingerprint density at radius 3 is 2.70 bits per heavy atom. The molecule has 0 bridgehead atoms. The van der Waals surface area contributed by atoms with Gasteiger partial charge in [0.2, 0.25) is 0 Å². The molecule has 0 atom stereocenters. The van der Waals surface area contributed by atoms with E-state index in [-0.39, 0.29) is 23.3 Å². The first-order valence-corrected chi connectivity index (χ1v) is 10.5. The number of thiazole rings is 1. The third-order valence-electron chi connectivity index (χ3n) is 4.64. The molecular formula is C19H24N8O2S. The molecule has 0 unspecified atom stereocenters. The Kier molecular flexibility index (Phi) is 7.16. The van der Waals surface area contributed by atoms with Crippen LogP contribution in [0.25, 0.3) is 0 Å². The van der Waals surface area contributed by atoms with Gasteiger partial charge in [-0.05, 0) is 19.1 Å². The second kappa shape index (κ2) is 10.00. The Morgan fingerprint density at radius 1 is 1.27 bits per heavy atom. The summed E-state index contributed by atoms with van der Waals surface area (Å²) in [7, 11) is 1.53. The van der Waals surface area contributed by atoms with E-state index in [4.69, 9.17) is 0 Å². The summed E-state index contributed by atoms with van der Waals surface area (Å²) in [6, 6.07) is 5.27. The lowest BCUT2D eigenvalue weighted by Gasteiger charge is -2.36. The highest BCUT2D eigenvalue weighted by Gasteiger charge is 2.21. The predicted molar refractivity (Wildman–Crippen MR) is 115 cm³/mol. The van der Waals surface area contributed by atoms with Gasteiger partial charge in [-0.2, -0.15) is 5.26 Å². The van der Waals surface area contributed by atoms with Gasteiger partial charge in [-0.3, -0.25) is 15.0 Å². The highest BCUT2D eigenvalue weighted by molar-refractivity contribution is 7.15. The largest absolute Gasteiger partial charge is 0.367 e. The lowest BCUT2D eigenvalue weighted by molar-refractivity contribution is 0.0958. The fourth-order valence-corrected chi connectivity index (χ4v) is 4.00. The van der Waals surface area contributed by atoms with E-state index >= 15 is 0 Å². The van der Waals surface area contributed by atoms with Crippen LogP contribution in [-0.4, -0.2) is 66.6 Å². The topological polar surface area (TPSA) is 126 Å². The number of hydrogen-bond donors (Lipinski definition) is 3. The Hall–Kier alpha value is -3.23. The van der Waals surface area contributed by atoms with Gasteiger partial charge < -0.3 is 15.5 Å². The molecule has 158 valence electrons. The summed E-state index contributed by atoms with van der Waals surface area (Å²) >= 11 is 1.46. The first-order chi connectivity index (χ1) is 14.5. The number of rotatable bonds is 6. The molecule has 11 heteroatoms. The number of anilines is 2. The number of pyridine rings is 1. The molecule has 2 aromatic rings. The molecule has 30 heavy (non-hydrogen) atoms. The van der Waals surface area contributed by atoms with Gasteiger partial charge in [-0.1, -0.05) is 0 Å². The zero-order valence-electron chi connectivity index (χ0n) is 16.9. The number of amides is 3. The maximum Gasteiger partial charge on any atom is 0.321 e. The zero-order valence-corrected chi connectivity index (χ0v) is 17.8. The first kappa shape index (κ1) is 21.5. The monoisotopic (exact) mass is 428 g/mol. The Bertz CT molecular complexity index is 946. The number of nitrogens with one attached hydrogen (secondary N) is 3. The van der Waals surface area contributed by atoms with Gasteiger partial charge in [0.05, 0.1) is 5.69 Å². The van der Waals surface area contributed by atoms with Crippen molar-refractivity contribution < 1.29 is 9.59 Å². The molecule has 3 rings (SSSR count). The lowest BCUT2D eigenvalue weighted by Crippen LogP contribution is -2.46. The van der Waals surface area contributed by atoms with Crippen molar-refractivity contribution in [1.29, 1.82) is 5.26 Å². The number of nitrogens with zero attached hydrogens (tertiary/aromatic N) is 5. The third-order valence-corrected chi connectivity index (χ3v) is 5.54. The summed E-state index contributed by atoms with van der Waals surface area (Å²) in [4.78, 5) is 37.3. The van der Waals surface area contributed by atoms with E-state index in [2.05, 4.69) is 41.8 Å². The molecule has 3 N–H and O–H groups in total. The van der Waals surface area contributed by atoms with Gasteiger partial charge in [0.1, 0.15) is 11.8 Å². The van der Waals surface area contributed by atoms with E-state index in [0.717, 1.165) is 43.3 Å². The molecule has 0 spiro atoms. The third kappa shape index (κ3) is 5.22. The van der Waals surface area contributed by atoms with E-state index in [1.165, 1.54) is 18.4 Å². The van der Waals surface area contributed by atoms with Crippen molar-refractivity contribution in [2.24, 2.45) is 0 Å². The highest BCUT2D eigenvalue weighted by Crippen LogP contribution is 2.23. The van der Waals surface area contributed by atoms with E-state index in [1.54, 1.807) is 18.3 Å². The van der Waals surface area contributed by atoms with E-state index < -0.39 is 0 Å². The van der Waals surface area contributed by atoms with Crippen LogP contribution in [0.15, 0.2) is 18.3 Å². The predicted octanol–water partition coefficient (Wildman–Crippen LogP) is 1.23. The maximum atomic E-state index is 11.7. The summed E-state index contributed by atoms with van der Waals surface area (Å²) in [6.07, 6.45) is 1.79. The van der Waals surface area contributed by atoms with E-state index in [0.29, 0.717) is 11.7 Å². The molecule has 0 radical (unpaired) electrons. The van der Waals surface area contributed by atoms with Gasteiger partial charge in [-0.15, -0.1) is 11.3 Å².